The van der Waals surface area contributed by atoms with Gasteiger partial charge in [0.05, 0.1) is 5.69 Å². The van der Waals surface area contributed by atoms with Gasteiger partial charge in [-0.25, -0.2) is 4.98 Å². The molecule has 2 heterocycles. The number of aromatic amines is 1. The van der Waals surface area contributed by atoms with Crippen LogP contribution in [0.5, 0.6) is 0 Å². The molecule has 2 aromatic rings. The zero-order valence-electron chi connectivity index (χ0n) is 10.5. The van der Waals surface area contributed by atoms with Crippen LogP contribution in [-0.4, -0.2) is 26.9 Å². The van der Waals surface area contributed by atoms with Crippen molar-refractivity contribution >= 4 is 0 Å². The molecule has 0 radical (unpaired) electrons. The molecule has 0 aliphatic heterocycles. The zero-order chi connectivity index (χ0) is 12.3. The lowest BCUT2D eigenvalue weighted by atomic mass is 10.2. The molecule has 0 saturated heterocycles. The largest absolute Gasteiger partial charge is 0.345 e. The van der Waals surface area contributed by atoms with Crippen LogP contribution < -0.4 is 0 Å². The highest BCUT2D eigenvalue weighted by Gasteiger charge is 2.13. The first kappa shape index (κ1) is 11.8. The first-order chi connectivity index (χ1) is 8.16. The van der Waals surface area contributed by atoms with E-state index < -0.39 is 0 Å². The summed E-state index contributed by atoms with van der Waals surface area (Å²) in [6.07, 6.45) is 3.72. The molecule has 0 aliphatic rings. The van der Waals surface area contributed by atoms with Gasteiger partial charge < -0.3 is 4.98 Å². The number of aryl methyl sites for hydroxylation is 1. The Morgan fingerprint density at radius 1 is 1.35 bits per heavy atom. The fourth-order valence-electron chi connectivity index (χ4n) is 1.81. The highest BCUT2D eigenvalue weighted by Crippen LogP contribution is 2.17. The molecule has 1 atom stereocenters. The summed E-state index contributed by atoms with van der Waals surface area (Å²) in [5.74, 6) is 0.957. The van der Waals surface area contributed by atoms with Gasteiger partial charge in [-0.2, -0.15) is 0 Å². The van der Waals surface area contributed by atoms with Gasteiger partial charge in [0.25, 0.3) is 0 Å². The maximum absolute atomic E-state index is 4.38. The summed E-state index contributed by atoms with van der Waals surface area (Å²) >= 11 is 0. The number of hydrogen-bond donors (Lipinski definition) is 1. The molecule has 0 fully saturated rings. The third-order valence-corrected chi connectivity index (χ3v) is 2.95. The van der Waals surface area contributed by atoms with Crippen molar-refractivity contribution in [2.75, 3.05) is 7.05 Å². The number of aromatic nitrogens is 3. The lowest BCUT2D eigenvalue weighted by Crippen LogP contribution is -2.22. The molecule has 0 spiro atoms. The van der Waals surface area contributed by atoms with Gasteiger partial charge >= 0.3 is 0 Å². The maximum atomic E-state index is 4.38. The summed E-state index contributed by atoms with van der Waals surface area (Å²) < 4.78 is 0. The van der Waals surface area contributed by atoms with Crippen molar-refractivity contribution in [2.24, 2.45) is 0 Å². The molecule has 0 saturated carbocycles. The fraction of sp³-hybridized carbons (Fsp3) is 0.385. The minimum atomic E-state index is 0.291. The van der Waals surface area contributed by atoms with Crippen LogP contribution >= 0.6 is 0 Å². The SMILES string of the molecule is Cc1ncc(CN(C)C(C)c2ccccn2)[nH]1. The van der Waals surface area contributed by atoms with Gasteiger partial charge in [0.2, 0.25) is 0 Å². The van der Waals surface area contributed by atoms with E-state index in [9.17, 15) is 0 Å². The zero-order valence-corrected chi connectivity index (χ0v) is 10.5. The molecule has 90 valence electrons. The number of nitrogens with zero attached hydrogens (tertiary/aromatic N) is 3. The summed E-state index contributed by atoms with van der Waals surface area (Å²) in [5, 5.41) is 0. The molecule has 0 aromatic carbocycles. The smallest absolute Gasteiger partial charge is 0.103 e. The number of H-pyrrole nitrogens is 1. The molecular weight excluding hydrogens is 212 g/mol. The number of rotatable bonds is 4. The Labute approximate surface area is 102 Å². The standard InChI is InChI=1S/C13H18N4/c1-10(13-6-4-5-7-14-13)17(3)9-12-8-15-11(2)16-12/h4-8,10H,9H2,1-3H3,(H,15,16). The van der Waals surface area contributed by atoms with Crippen molar-refractivity contribution in [3.8, 4) is 0 Å². The van der Waals surface area contributed by atoms with Crippen LogP contribution in [0.3, 0.4) is 0 Å². The molecule has 2 rings (SSSR count). The lowest BCUT2D eigenvalue weighted by molar-refractivity contribution is 0.246. The van der Waals surface area contributed by atoms with Gasteiger partial charge in [0, 0.05) is 30.7 Å². The Balaban J connectivity index is 2.03. The van der Waals surface area contributed by atoms with Crippen LogP contribution in [0.25, 0.3) is 0 Å². The van der Waals surface area contributed by atoms with E-state index in [1.165, 1.54) is 0 Å². The maximum Gasteiger partial charge on any atom is 0.103 e. The number of hydrogen-bond acceptors (Lipinski definition) is 3. The molecule has 0 aliphatic carbocycles. The Morgan fingerprint density at radius 3 is 2.76 bits per heavy atom. The van der Waals surface area contributed by atoms with E-state index in [0.29, 0.717) is 6.04 Å². The van der Waals surface area contributed by atoms with Gasteiger partial charge in [-0.15, -0.1) is 0 Å². The molecule has 17 heavy (non-hydrogen) atoms. The van der Waals surface area contributed by atoms with Crippen LogP contribution in [0.2, 0.25) is 0 Å². The Bertz CT molecular complexity index is 463. The van der Waals surface area contributed by atoms with E-state index in [1.54, 1.807) is 0 Å². The third kappa shape index (κ3) is 2.91. The Kier molecular flexibility index (Phi) is 3.54. The number of imidazole rings is 1. The summed E-state index contributed by atoms with van der Waals surface area (Å²) in [4.78, 5) is 14.1. The number of pyridine rings is 1. The first-order valence-electron chi connectivity index (χ1n) is 5.78. The Hall–Kier alpha value is -1.68. The quantitative estimate of drug-likeness (QED) is 0.876. The molecule has 2 aromatic heterocycles. The molecule has 0 amide bonds. The van der Waals surface area contributed by atoms with Crippen LogP contribution in [0.1, 0.15) is 30.2 Å². The van der Waals surface area contributed by atoms with Crippen molar-refractivity contribution in [2.45, 2.75) is 26.4 Å². The molecular formula is C13H18N4. The predicted molar refractivity (Wildman–Crippen MR) is 67.4 cm³/mol. The summed E-state index contributed by atoms with van der Waals surface area (Å²) in [6, 6.07) is 6.31. The second-order valence-electron chi connectivity index (χ2n) is 4.34. The van der Waals surface area contributed by atoms with Crippen molar-refractivity contribution in [1.29, 1.82) is 0 Å². The molecule has 4 nitrogen and oxygen atoms in total. The molecule has 0 bridgehead atoms. The van der Waals surface area contributed by atoms with Crippen molar-refractivity contribution in [3.63, 3.8) is 0 Å². The van der Waals surface area contributed by atoms with Gasteiger partial charge in [-0.1, -0.05) is 6.07 Å². The van der Waals surface area contributed by atoms with E-state index in [1.807, 2.05) is 31.5 Å². The van der Waals surface area contributed by atoms with Gasteiger partial charge in [0.1, 0.15) is 5.82 Å². The van der Waals surface area contributed by atoms with Gasteiger partial charge in [-0.05, 0) is 33.0 Å². The second kappa shape index (κ2) is 5.10. The first-order valence-corrected chi connectivity index (χ1v) is 5.78. The topological polar surface area (TPSA) is 44.8 Å². The van der Waals surface area contributed by atoms with Crippen molar-refractivity contribution in [3.05, 3.63) is 47.8 Å². The predicted octanol–water partition coefficient (Wildman–Crippen LogP) is 2.31. The summed E-state index contributed by atoms with van der Waals surface area (Å²) in [6.45, 7) is 4.97. The van der Waals surface area contributed by atoms with E-state index in [0.717, 1.165) is 23.8 Å². The molecule has 1 unspecified atom stereocenters. The lowest BCUT2D eigenvalue weighted by Gasteiger charge is -2.23. The van der Waals surface area contributed by atoms with Crippen molar-refractivity contribution < 1.29 is 0 Å². The van der Waals surface area contributed by atoms with Crippen LogP contribution in [-0.2, 0) is 6.54 Å². The second-order valence-corrected chi connectivity index (χ2v) is 4.34. The highest BCUT2D eigenvalue weighted by molar-refractivity contribution is 5.08. The number of nitrogens with one attached hydrogen (secondary N) is 1. The van der Waals surface area contributed by atoms with Crippen LogP contribution in [0, 0.1) is 6.92 Å². The van der Waals surface area contributed by atoms with Crippen LogP contribution in [0.4, 0.5) is 0 Å². The monoisotopic (exact) mass is 230 g/mol. The normalized spacial score (nSPS) is 12.9. The fourth-order valence-corrected chi connectivity index (χ4v) is 1.81. The molecule has 4 heteroatoms. The van der Waals surface area contributed by atoms with E-state index >= 15 is 0 Å². The van der Waals surface area contributed by atoms with E-state index in [2.05, 4.69) is 39.9 Å². The molecule has 1 N–H and O–H groups in total. The minimum Gasteiger partial charge on any atom is -0.345 e. The average molecular weight is 230 g/mol. The average Bonchev–Trinajstić information content (AvgIpc) is 2.75. The Morgan fingerprint density at radius 2 is 2.18 bits per heavy atom. The van der Waals surface area contributed by atoms with Crippen LogP contribution in [0.15, 0.2) is 30.6 Å². The summed E-state index contributed by atoms with van der Waals surface area (Å²) in [5.41, 5.74) is 2.22. The highest BCUT2D eigenvalue weighted by atomic mass is 15.1. The van der Waals surface area contributed by atoms with E-state index in [4.69, 9.17) is 0 Å². The van der Waals surface area contributed by atoms with E-state index in [-0.39, 0.29) is 0 Å². The minimum absolute atomic E-state index is 0.291. The van der Waals surface area contributed by atoms with Gasteiger partial charge in [-0.3, -0.25) is 9.88 Å². The van der Waals surface area contributed by atoms with Crippen molar-refractivity contribution in [1.82, 2.24) is 19.9 Å². The van der Waals surface area contributed by atoms with Gasteiger partial charge in [0.15, 0.2) is 0 Å². The third-order valence-electron chi connectivity index (χ3n) is 2.95. The summed E-state index contributed by atoms with van der Waals surface area (Å²) in [7, 11) is 2.09.